The lowest BCUT2D eigenvalue weighted by molar-refractivity contribution is -0.660. The molecule has 0 saturated heterocycles. The molecule has 0 aliphatic carbocycles. The average molecular weight is 304 g/mol. The summed E-state index contributed by atoms with van der Waals surface area (Å²) in [6.07, 6.45) is 3.53. The maximum Gasteiger partial charge on any atom is 0.270 e. The summed E-state index contributed by atoms with van der Waals surface area (Å²) in [6.45, 7) is 0. The van der Waals surface area contributed by atoms with Crippen molar-refractivity contribution >= 4 is 0 Å². The highest BCUT2D eigenvalue weighted by molar-refractivity contribution is 5.60. The minimum Gasteiger partial charge on any atom is -0.539 e. The van der Waals surface area contributed by atoms with Gasteiger partial charge < -0.3 is 9.63 Å². The smallest absolute Gasteiger partial charge is 0.270 e. The molecule has 2 aromatic heterocycles. The molecular formula is C17H12N4O2. The molecule has 6 heteroatoms. The molecule has 2 aromatic carbocycles. The zero-order valence-electron chi connectivity index (χ0n) is 12.0. The molecule has 23 heavy (non-hydrogen) atoms. The van der Waals surface area contributed by atoms with Gasteiger partial charge in [-0.05, 0) is 28.9 Å². The number of para-hydroxylation sites is 2. The lowest BCUT2D eigenvalue weighted by Gasteiger charge is -2.04. The van der Waals surface area contributed by atoms with E-state index in [1.165, 1.54) is 4.68 Å². The SMILES string of the molecule is [O-]c1on[n+](-c2ccccc2-n2cccn2)c1-c1ccccc1. The minimum atomic E-state index is -0.480. The maximum atomic E-state index is 12.1. The molecule has 6 nitrogen and oxygen atoms in total. The van der Waals surface area contributed by atoms with Crippen LogP contribution in [0.1, 0.15) is 0 Å². The monoisotopic (exact) mass is 304 g/mol. The van der Waals surface area contributed by atoms with Crippen LogP contribution in [0.25, 0.3) is 22.6 Å². The molecular weight excluding hydrogens is 292 g/mol. The standard InChI is InChI=1S/C17H12N4O2/c22-17-16(13-7-2-1-3-8-13)21(19-23-17)15-10-5-4-9-14(15)20-12-6-11-18-20/h1-12H. The predicted molar refractivity (Wildman–Crippen MR) is 80.0 cm³/mol. The molecule has 0 N–H and O–H groups in total. The van der Waals surface area contributed by atoms with Crippen LogP contribution in [0.3, 0.4) is 0 Å². The van der Waals surface area contributed by atoms with Crippen LogP contribution in [-0.4, -0.2) is 15.1 Å². The molecule has 0 amide bonds. The van der Waals surface area contributed by atoms with Crippen molar-refractivity contribution in [3.8, 4) is 28.6 Å². The van der Waals surface area contributed by atoms with Crippen molar-refractivity contribution in [3.05, 3.63) is 73.1 Å². The summed E-state index contributed by atoms with van der Waals surface area (Å²) < 4.78 is 8.13. The quantitative estimate of drug-likeness (QED) is 0.542. The van der Waals surface area contributed by atoms with Gasteiger partial charge in [-0.1, -0.05) is 30.3 Å². The second-order valence-electron chi connectivity index (χ2n) is 4.93. The normalized spacial score (nSPS) is 10.8. The molecule has 0 radical (unpaired) electrons. The number of aromatic nitrogens is 4. The molecule has 0 atom stereocenters. The van der Waals surface area contributed by atoms with E-state index < -0.39 is 5.95 Å². The van der Waals surface area contributed by atoms with E-state index in [4.69, 9.17) is 4.52 Å². The fourth-order valence-electron chi connectivity index (χ4n) is 2.50. The fourth-order valence-corrected chi connectivity index (χ4v) is 2.50. The molecule has 0 aliphatic heterocycles. The summed E-state index contributed by atoms with van der Waals surface area (Å²) in [7, 11) is 0. The Morgan fingerprint density at radius 3 is 2.52 bits per heavy atom. The summed E-state index contributed by atoms with van der Waals surface area (Å²) in [4.78, 5) is 0. The predicted octanol–water partition coefficient (Wildman–Crippen LogP) is 1.88. The molecule has 0 fully saturated rings. The van der Waals surface area contributed by atoms with Crippen molar-refractivity contribution < 1.29 is 14.3 Å². The van der Waals surface area contributed by atoms with Gasteiger partial charge in [0.25, 0.3) is 11.4 Å². The fraction of sp³-hybridized carbons (Fsp3) is 0. The van der Waals surface area contributed by atoms with Gasteiger partial charge in [0.15, 0.2) is 5.95 Å². The van der Waals surface area contributed by atoms with Gasteiger partial charge in [-0.2, -0.15) is 5.10 Å². The van der Waals surface area contributed by atoms with Crippen LogP contribution in [0.2, 0.25) is 0 Å². The highest BCUT2D eigenvalue weighted by atomic mass is 16.6. The van der Waals surface area contributed by atoms with E-state index in [0.717, 1.165) is 11.3 Å². The summed E-state index contributed by atoms with van der Waals surface area (Å²) in [5.41, 5.74) is 2.63. The summed E-state index contributed by atoms with van der Waals surface area (Å²) >= 11 is 0. The second-order valence-corrected chi connectivity index (χ2v) is 4.93. The minimum absolute atomic E-state index is 0.380. The summed E-state index contributed by atoms with van der Waals surface area (Å²) in [5.74, 6) is -0.480. The molecule has 0 bridgehead atoms. The van der Waals surface area contributed by atoms with Gasteiger partial charge in [0, 0.05) is 18.5 Å². The van der Waals surface area contributed by atoms with Crippen LogP contribution >= 0.6 is 0 Å². The van der Waals surface area contributed by atoms with Gasteiger partial charge in [-0.15, -0.1) is 0 Å². The first-order valence-electron chi connectivity index (χ1n) is 7.08. The summed E-state index contributed by atoms with van der Waals surface area (Å²) in [5, 5.41) is 20.3. The maximum absolute atomic E-state index is 12.1. The number of hydrogen-bond acceptors (Lipinski definition) is 4. The molecule has 0 saturated carbocycles. The molecule has 4 rings (SSSR count). The third kappa shape index (κ3) is 2.26. The molecule has 2 heterocycles. The van der Waals surface area contributed by atoms with Crippen molar-refractivity contribution in [1.29, 1.82) is 0 Å². The third-order valence-electron chi connectivity index (χ3n) is 3.52. The van der Waals surface area contributed by atoms with E-state index in [2.05, 4.69) is 10.4 Å². The molecule has 4 aromatic rings. The first kappa shape index (κ1) is 13.3. The van der Waals surface area contributed by atoms with Gasteiger partial charge in [0.2, 0.25) is 0 Å². The lowest BCUT2D eigenvalue weighted by Crippen LogP contribution is -2.36. The Hall–Kier alpha value is -3.41. The Labute approximate surface area is 131 Å². The van der Waals surface area contributed by atoms with Gasteiger partial charge in [-0.3, -0.25) is 0 Å². The van der Waals surface area contributed by atoms with Gasteiger partial charge in [0.05, 0.1) is 10.8 Å². The van der Waals surface area contributed by atoms with Crippen LogP contribution in [0, 0.1) is 0 Å². The third-order valence-corrected chi connectivity index (χ3v) is 3.52. The van der Waals surface area contributed by atoms with Crippen LogP contribution < -0.4 is 9.79 Å². The van der Waals surface area contributed by atoms with E-state index in [9.17, 15) is 5.11 Å². The van der Waals surface area contributed by atoms with Gasteiger partial charge >= 0.3 is 0 Å². The van der Waals surface area contributed by atoms with Crippen molar-refractivity contribution in [2.45, 2.75) is 0 Å². The van der Waals surface area contributed by atoms with E-state index in [0.29, 0.717) is 11.4 Å². The van der Waals surface area contributed by atoms with Crippen LogP contribution in [0.15, 0.2) is 77.6 Å². The second kappa shape index (κ2) is 5.42. The van der Waals surface area contributed by atoms with E-state index in [1.807, 2.05) is 66.9 Å². The van der Waals surface area contributed by atoms with Gasteiger partial charge in [0.1, 0.15) is 5.69 Å². The largest absolute Gasteiger partial charge is 0.539 e. The van der Waals surface area contributed by atoms with Crippen LogP contribution in [-0.2, 0) is 0 Å². The number of nitrogens with zero attached hydrogens (tertiary/aromatic N) is 4. The van der Waals surface area contributed by atoms with Crippen molar-refractivity contribution in [1.82, 2.24) is 15.1 Å². The highest BCUT2D eigenvalue weighted by Gasteiger charge is 2.25. The van der Waals surface area contributed by atoms with Crippen molar-refractivity contribution in [3.63, 3.8) is 0 Å². The molecule has 0 unspecified atom stereocenters. The molecule has 0 spiro atoms. The first-order valence-corrected chi connectivity index (χ1v) is 7.08. The molecule has 112 valence electrons. The Balaban J connectivity index is 1.94. The van der Waals surface area contributed by atoms with E-state index >= 15 is 0 Å². The number of benzene rings is 2. The summed E-state index contributed by atoms with van der Waals surface area (Å²) in [6, 6.07) is 18.7. The van der Waals surface area contributed by atoms with Gasteiger partial charge in [-0.25, -0.2) is 4.68 Å². The topological polar surface area (TPSA) is 70.8 Å². The Bertz CT molecular complexity index is 930. The van der Waals surface area contributed by atoms with E-state index in [-0.39, 0.29) is 0 Å². The lowest BCUT2D eigenvalue weighted by atomic mass is 10.1. The Morgan fingerprint density at radius 2 is 1.74 bits per heavy atom. The van der Waals surface area contributed by atoms with Crippen molar-refractivity contribution in [2.24, 2.45) is 0 Å². The molecule has 0 aliphatic rings. The Morgan fingerprint density at radius 1 is 0.957 bits per heavy atom. The zero-order valence-corrected chi connectivity index (χ0v) is 12.0. The Kier molecular flexibility index (Phi) is 3.12. The van der Waals surface area contributed by atoms with Crippen LogP contribution in [0.4, 0.5) is 0 Å². The highest BCUT2D eigenvalue weighted by Crippen LogP contribution is 2.25. The van der Waals surface area contributed by atoms with E-state index in [1.54, 1.807) is 10.9 Å². The van der Waals surface area contributed by atoms with Crippen LogP contribution in [0.5, 0.6) is 5.95 Å². The number of rotatable bonds is 3. The average Bonchev–Trinajstić information content (AvgIpc) is 3.25. The van der Waals surface area contributed by atoms with Crippen molar-refractivity contribution in [2.75, 3.05) is 0 Å². The first-order chi connectivity index (χ1) is 11.3. The number of hydrogen-bond donors (Lipinski definition) is 0. The zero-order chi connectivity index (χ0) is 15.6.